The van der Waals surface area contributed by atoms with Crippen LogP contribution in [0.5, 0.6) is 0 Å². The average molecular weight is 411 g/mol. The molecule has 7 heteroatoms. The van der Waals surface area contributed by atoms with Gasteiger partial charge in [0.25, 0.3) is 5.79 Å². The third-order valence-corrected chi connectivity index (χ3v) is 5.39. The van der Waals surface area contributed by atoms with Crippen molar-refractivity contribution in [3.63, 3.8) is 0 Å². The van der Waals surface area contributed by atoms with Crippen molar-refractivity contribution in [2.75, 3.05) is 19.8 Å². The van der Waals surface area contributed by atoms with Crippen LogP contribution < -0.4 is 0 Å². The summed E-state index contributed by atoms with van der Waals surface area (Å²) in [6.45, 7) is 2.68. The van der Waals surface area contributed by atoms with Crippen LogP contribution in [0.15, 0.2) is 60.7 Å². The van der Waals surface area contributed by atoms with E-state index in [9.17, 15) is 9.59 Å². The molecule has 0 aliphatic carbocycles. The molecule has 1 amide bonds. The monoisotopic (exact) mass is 411 g/mol. The van der Waals surface area contributed by atoms with E-state index in [0.29, 0.717) is 13.2 Å². The number of amides is 1. The van der Waals surface area contributed by atoms with Gasteiger partial charge in [0.1, 0.15) is 19.3 Å². The Labute approximate surface area is 175 Å². The lowest BCUT2D eigenvalue weighted by Crippen LogP contribution is -2.55. The Kier molecular flexibility index (Phi) is 6.01. The Morgan fingerprint density at radius 1 is 1.07 bits per heavy atom. The van der Waals surface area contributed by atoms with E-state index in [0.717, 1.165) is 11.1 Å². The molecule has 2 aromatic carbocycles. The summed E-state index contributed by atoms with van der Waals surface area (Å²) >= 11 is 0. The van der Waals surface area contributed by atoms with Gasteiger partial charge in [-0.2, -0.15) is 0 Å². The molecule has 2 aliphatic rings. The van der Waals surface area contributed by atoms with E-state index in [1.807, 2.05) is 67.6 Å². The number of hydrogen-bond acceptors (Lipinski definition) is 6. The van der Waals surface area contributed by atoms with Crippen LogP contribution in [0.1, 0.15) is 30.5 Å². The second kappa shape index (κ2) is 8.85. The fraction of sp³-hybridized carbons (Fsp3) is 0.391. The maximum atomic E-state index is 12.7. The number of cyclic esters (lactones) is 2. The minimum absolute atomic E-state index is 0.0113. The SMILES string of the molecule is CCO[C@@]1(COCc2ccccc2)OC(=O)C[C@@H]1N1C(=O)OC[C@@H]1c1ccccc1. The van der Waals surface area contributed by atoms with Gasteiger partial charge in [-0.25, -0.2) is 4.79 Å². The van der Waals surface area contributed by atoms with Gasteiger partial charge in [0, 0.05) is 6.61 Å². The molecule has 2 aromatic rings. The van der Waals surface area contributed by atoms with Gasteiger partial charge in [-0.3, -0.25) is 9.69 Å². The first-order valence-corrected chi connectivity index (χ1v) is 10.1. The van der Waals surface area contributed by atoms with Crippen LogP contribution in [0.4, 0.5) is 4.79 Å². The van der Waals surface area contributed by atoms with E-state index in [1.165, 1.54) is 0 Å². The van der Waals surface area contributed by atoms with Crippen LogP contribution in [0.2, 0.25) is 0 Å². The first-order chi connectivity index (χ1) is 14.6. The van der Waals surface area contributed by atoms with Gasteiger partial charge in [0.15, 0.2) is 0 Å². The second-order valence-corrected chi connectivity index (χ2v) is 7.33. The number of benzene rings is 2. The molecule has 0 unspecified atom stereocenters. The molecule has 2 aliphatic heterocycles. The maximum absolute atomic E-state index is 12.7. The zero-order chi connectivity index (χ0) is 21.0. The van der Waals surface area contributed by atoms with Crippen molar-refractivity contribution in [2.24, 2.45) is 0 Å². The van der Waals surface area contributed by atoms with Crippen LogP contribution in [-0.4, -0.2) is 48.6 Å². The fourth-order valence-electron chi connectivity index (χ4n) is 4.06. The van der Waals surface area contributed by atoms with Crippen LogP contribution in [0.25, 0.3) is 0 Å². The number of nitrogens with zero attached hydrogens (tertiary/aromatic N) is 1. The molecule has 0 saturated carbocycles. The van der Waals surface area contributed by atoms with E-state index in [-0.39, 0.29) is 25.7 Å². The Balaban J connectivity index is 1.58. The van der Waals surface area contributed by atoms with Gasteiger partial charge in [-0.05, 0) is 18.1 Å². The summed E-state index contributed by atoms with van der Waals surface area (Å²) in [6, 6.07) is 18.3. The van der Waals surface area contributed by atoms with Gasteiger partial charge in [-0.15, -0.1) is 0 Å². The van der Waals surface area contributed by atoms with E-state index in [2.05, 4.69) is 0 Å². The van der Waals surface area contributed by atoms with Crippen LogP contribution in [-0.2, 0) is 30.3 Å². The number of carbonyl (C=O) groups is 2. The lowest BCUT2D eigenvalue weighted by molar-refractivity contribution is -0.251. The third kappa shape index (κ3) is 4.04. The molecule has 0 N–H and O–H groups in total. The summed E-state index contributed by atoms with van der Waals surface area (Å²) in [4.78, 5) is 26.6. The second-order valence-electron chi connectivity index (χ2n) is 7.33. The number of rotatable bonds is 8. The van der Waals surface area contributed by atoms with E-state index in [4.69, 9.17) is 18.9 Å². The Hall–Kier alpha value is -2.90. The third-order valence-electron chi connectivity index (χ3n) is 5.39. The molecule has 0 aromatic heterocycles. The Morgan fingerprint density at radius 3 is 2.47 bits per heavy atom. The average Bonchev–Trinajstić information content (AvgIpc) is 3.29. The van der Waals surface area contributed by atoms with Crippen LogP contribution in [0, 0.1) is 0 Å². The maximum Gasteiger partial charge on any atom is 0.410 e. The Morgan fingerprint density at radius 2 is 1.77 bits per heavy atom. The van der Waals surface area contributed by atoms with Gasteiger partial charge in [0.2, 0.25) is 0 Å². The van der Waals surface area contributed by atoms with E-state index >= 15 is 0 Å². The van der Waals surface area contributed by atoms with Gasteiger partial charge in [0.05, 0.1) is 19.1 Å². The fourth-order valence-corrected chi connectivity index (χ4v) is 4.06. The van der Waals surface area contributed by atoms with Crippen molar-refractivity contribution < 1.29 is 28.5 Å². The van der Waals surface area contributed by atoms with Crippen molar-refractivity contribution in [1.82, 2.24) is 4.90 Å². The number of hydrogen-bond donors (Lipinski definition) is 0. The highest BCUT2D eigenvalue weighted by atomic mass is 16.7. The highest BCUT2D eigenvalue weighted by molar-refractivity contribution is 5.77. The first kappa shape index (κ1) is 20.4. The first-order valence-electron chi connectivity index (χ1n) is 10.1. The molecule has 158 valence electrons. The predicted molar refractivity (Wildman–Crippen MR) is 107 cm³/mol. The number of esters is 1. The van der Waals surface area contributed by atoms with Crippen molar-refractivity contribution in [2.45, 2.75) is 37.8 Å². The lowest BCUT2D eigenvalue weighted by atomic mass is 10.00. The minimum atomic E-state index is -1.38. The quantitative estimate of drug-likeness (QED) is 0.620. The Bertz CT molecular complexity index is 874. The minimum Gasteiger partial charge on any atom is -0.447 e. The van der Waals surface area contributed by atoms with Crippen molar-refractivity contribution in [1.29, 1.82) is 0 Å². The van der Waals surface area contributed by atoms with E-state index < -0.39 is 23.9 Å². The van der Waals surface area contributed by atoms with E-state index in [1.54, 1.807) is 4.90 Å². The predicted octanol–water partition coefficient (Wildman–Crippen LogP) is 3.45. The highest BCUT2D eigenvalue weighted by Crippen LogP contribution is 2.40. The molecule has 3 atom stereocenters. The topological polar surface area (TPSA) is 74.3 Å². The zero-order valence-electron chi connectivity index (χ0n) is 16.9. The summed E-state index contributed by atoms with van der Waals surface area (Å²) in [5, 5.41) is 0. The molecule has 7 nitrogen and oxygen atoms in total. The smallest absolute Gasteiger partial charge is 0.410 e. The normalized spacial score (nSPS) is 26.0. The van der Waals surface area contributed by atoms with Crippen LogP contribution >= 0.6 is 0 Å². The molecular formula is C23H25NO6. The van der Waals surface area contributed by atoms with Crippen molar-refractivity contribution in [3.8, 4) is 0 Å². The summed E-state index contributed by atoms with van der Waals surface area (Å²) in [5.74, 6) is -1.81. The standard InChI is InChI=1S/C23H25NO6/c1-2-29-23(16-27-14-17-9-5-3-6-10-17)20(13-21(25)30-23)24-19(15-28-22(24)26)18-11-7-4-8-12-18/h3-12,19-20H,2,13-16H2,1H3/t19-,20+,23+/m1/s1. The van der Waals surface area contributed by atoms with Gasteiger partial charge in [-0.1, -0.05) is 60.7 Å². The zero-order valence-corrected chi connectivity index (χ0v) is 16.9. The number of ether oxygens (including phenoxy) is 4. The molecule has 2 fully saturated rings. The number of carbonyl (C=O) groups excluding carboxylic acids is 2. The molecule has 4 rings (SSSR count). The molecule has 2 heterocycles. The molecular weight excluding hydrogens is 386 g/mol. The highest BCUT2D eigenvalue weighted by Gasteiger charge is 2.58. The van der Waals surface area contributed by atoms with Crippen LogP contribution in [0.3, 0.4) is 0 Å². The summed E-state index contributed by atoms with van der Waals surface area (Å²) in [7, 11) is 0. The molecule has 0 bridgehead atoms. The van der Waals surface area contributed by atoms with Gasteiger partial charge >= 0.3 is 12.1 Å². The summed E-state index contributed by atoms with van der Waals surface area (Å²) in [5.41, 5.74) is 1.92. The largest absolute Gasteiger partial charge is 0.447 e. The van der Waals surface area contributed by atoms with Gasteiger partial charge < -0.3 is 18.9 Å². The molecule has 30 heavy (non-hydrogen) atoms. The molecule has 0 radical (unpaired) electrons. The summed E-state index contributed by atoms with van der Waals surface area (Å²) in [6.07, 6.45) is -0.466. The lowest BCUT2D eigenvalue weighted by Gasteiger charge is -2.38. The summed E-state index contributed by atoms with van der Waals surface area (Å²) < 4.78 is 22.8. The molecule has 0 spiro atoms. The molecule has 2 saturated heterocycles. The van der Waals surface area contributed by atoms with Crippen molar-refractivity contribution in [3.05, 3.63) is 71.8 Å². The van der Waals surface area contributed by atoms with Crippen molar-refractivity contribution >= 4 is 12.1 Å².